The van der Waals surface area contributed by atoms with Crippen LogP contribution < -0.4 is 10.6 Å². The van der Waals surface area contributed by atoms with Crippen LogP contribution in [0.15, 0.2) is 5.16 Å². The molecule has 0 aliphatic heterocycles. The van der Waals surface area contributed by atoms with Crippen molar-refractivity contribution in [3.63, 3.8) is 0 Å². The number of nitrogens with zero attached hydrogens (tertiary/aromatic N) is 3. The van der Waals surface area contributed by atoms with Gasteiger partial charge in [0.05, 0.1) is 11.9 Å². The third kappa shape index (κ3) is 5.95. The van der Waals surface area contributed by atoms with E-state index in [4.69, 9.17) is 4.74 Å². The van der Waals surface area contributed by atoms with Crippen molar-refractivity contribution in [2.24, 2.45) is 0 Å². The van der Waals surface area contributed by atoms with Gasteiger partial charge in [0.25, 0.3) is 0 Å². The van der Waals surface area contributed by atoms with Crippen LogP contribution >= 0.6 is 11.8 Å². The van der Waals surface area contributed by atoms with Gasteiger partial charge in [-0.1, -0.05) is 31.0 Å². The number of urea groups is 1. The number of esters is 1. The van der Waals surface area contributed by atoms with E-state index in [1.54, 1.807) is 13.8 Å². The van der Waals surface area contributed by atoms with E-state index in [2.05, 4.69) is 20.8 Å². The van der Waals surface area contributed by atoms with Crippen LogP contribution in [0, 0.1) is 0 Å². The zero-order valence-electron chi connectivity index (χ0n) is 16.0. The molecule has 9 nitrogen and oxygen atoms in total. The van der Waals surface area contributed by atoms with Gasteiger partial charge in [-0.2, -0.15) is 0 Å². The molecule has 0 bridgehead atoms. The van der Waals surface area contributed by atoms with E-state index in [-0.39, 0.29) is 18.4 Å². The van der Waals surface area contributed by atoms with Gasteiger partial charge in [0.2, 0.25) is 5.91 Å². The predicted molar refractivity (Wildman–Crippen MR) is 100 cm³/mol. The van der Waals surface area contributed by atoms with Crippen LogP contribution in [-0.2, 0) is 20.7 Å². The lowest BCUT2D eigenvalue weighted by Gasteiger charge is -2.26. The van der Waals surface area contributed by atoms with Crippen molar-refractivity contribution in [3.05, 3.63) is 5.82 Å². The molecular formula is C17H27N5O4S. The maximum Gasteiger partial charge on any atom is 0.321 e. The topological polar surface area (TPSA) is 115 Å². The van der Waals surface area contributed by atoms with E-state index in [0.717, 1.165) is 25.7 Å². The second-order valence-corrected chi connectivity index (χ2v) is 7.68. The molecule has 1 aliphatic carbocycles. The molecular weight excluding hydrogens is 370 g/mol. The van der Waals surface area contributed by atoms with Gasteiger partial charge in [-0.05, 0) is 26.7 Å². The maximum atomic E-state index is 12.1. The molecule has 0 saturated heterocycles. The molecule has 10 heteroatoms. The van der Waals surface area contributed by atoms with Crippen LogP contribution in [-0.4, -0.2) is 51.6 Å². The molecule has 1 aromatic heterocycles. The van der Waals surface area contributed by atoms with Gasteiger partial charge in [-0.25, -0.2) is 4.79 Å². The fourth-order valence-electron chi connectivity index (χ4n) is 3.04. The zero-order chi connectivity index (χ0) is 19.8. The Hall–Kier alpha value is -2.10. The summed E-state index contributed by atoms with van der Waals surface area (Å²) in [7, 11) is 1.45. The number of amides is 3. The number of imide groups is 1. The molecule has 3 amide bonds. The minimum Gasteiger partial charge on any atom is -0.466 e. The second-order valence-electron chi connectivity index (χ2n) is 6.37. The molecule has 0 radical (unpaired) electrons. The lowest BCUT2D eigenvalue weighted by atomic mass is 9.95. The van der Waals surface area contributed by atoms with Crippen molar-refractivity contribution in [2.75, 3.05) is 13.7 Å². The SMILES string of the molecule is CCOC(=O)Cc1nnc(S[C@@H](C)C(=O)NC(=O)NC)n1C1CCCCC1. The van der Waals surface area contributed by atoms with E-state index in [1.807, 2.05) is 4.57 Å². The molecule has 150 valence electrons. The quantitative estimate of drug-likeness (QED) is 0.533. The molecule has 1 aromatic rings. The van der Waals surface area contributed by atoms with Crippen molar-refractivity contribution < 1.29 is 19.1 Å². The minimum absolute atomic E-state index is 0.0523. The Balaban J connectivity index is 2.18. The normalized spacial score (nSPS) is 15.8. The molecule has 2 rings (SSSR count). The van der Waals surface area contributed by atoms with Crippen LogP contribution in [0.25, 0.3) is 0 Å². The summed E-state index contributed by atoms with van der Waals surface area (Å²) in [4.78, 5) is 35.4. The highest BCUT2D eigenvalue weighted by Crippen LogP contribution is 2.34. The third-order valence-corrected chi connectivity index (χ3v) is 5.45. The lowest BCUT2D eigenvalue weighted by Crippen LogP contribution is -2.41. The highest BCUT2D eigenvalue weighted by Gasteiger charge is 2.27. The van der Waals surface area contributed by atoms with Gasteiger partial charge >= 0.3 is 12.0 Å². The monoisotopic (exact) mass is 397 g/mol. The highest BCUT2D eigenvalue weighted by atomic mass is 32.2. The van der Waals surface area contributed by atoms with Crippen molar-refractivity contribution >= 4 is 29.7 Å². The molecule has 0 aromatic carbocycles. The summed E-state index contributed by atoms with van der Waals surface area (Å²) in [5.74, 6) is -0.199. The van der Waals surface area contributed by atoms with E-state index >= 15 is 0 Å². The molecule has 2 N–H and O–H groups in total. The molecule has 27 heavy (non-hydrogen) atoms. The highest BCUT2D eigenvalue weighted by molar-refractivity contribution is 8.00. The summed E-state index contributed by atoms with van der Waals surface area (Å²) < 4.78 is 7.01. The Kier molecular flexibility index (Phi) is 8.08. The Bertz CT molecular complexity index is 672. The first-order chi connectivity index (χ1) is 13.0. The van der Waals surface area contributed by atoms with E-state index in [0.29, 0.717) is 17.6 Å². The number of carbonyl (C=O) groups excluding carboxylic acids is 3. The van der Waals surface area contributed by atoms with Crippen LogP contribution in [0.3, 0.4) is 0 Å². The largest absolute Gasteiger partial charge is 0.466 e. The zero-order valence-corrected chi connectivity index (χ0v) is 16.8. The number of aromatic nitrogens is 3. The fraction of sp³-hybridized carbons (Fsp3) is 0.706. The van der Waals surface area contributed by atoms with Gasteiger partial charge < -0.3 is 14.6 Å². The van der Waals surface area contributed by atoms with Crippen molar-refractivity contribution in [1.29, 1.82) is 0 Å². The molecule has 1 saturated carbocycles. The molecule has 0 unspecified atom stereocenters. The Morgan fingerprint density at radius 1 is 1.26 bits per heavy atom. The summed E-state index contributed by atoms with van der Waals surface area (Å²) in [5, 5.41) is 13.1. The van der Waals surface area contributed by atoms with Gasteiger partial charge in [0.15, 0.2) is 5.16 Å². The van der Waals surface area contributed by atoms with Gasteiger partial charge in [0.1, 0.15) is 12.2 Å². The molecule has 1 aliphatic rings. The Labute approximate surface area is 163 Å². The molecule has 0 spiro atoms. The lowest BCUT2D eigenvalue weighted by molar-refractivity contribution is -0.142. The fourth-order valence-corrected chi connectivity index (χ4v) is 3.98. The van der Waals surface area contributed by atoms with Crippen LogP contribution in [0.2, 0.25) is 0 Å². The van der Waals surface area contributed by atoms with Crippen molar-refractivity contribution in [1.82, 2.24) is 25.4 Å². The molecule has 1 fully saturated rings. The standard InChI is InChI=1S/C17H27N5O4S/c1-4-26-14(23)10-13-20-21-17(22(13)12-8-6-5-7-9-12)27-11(2)15(24)19-16(25)18-3/h11-12H,4-10H2,1-3H3,(H2,18,19,24,25)/t11-/m0/s1. The Morgan fingerprint density at radius 3 is 2.59 bits per heavy atom. The summed E-state index contributed by atoms with van der Waals surface area (Å²) in [6.45, 7) is 3.78. The number of hydrogen-bond acceptors (Lipinski definition) is 7. The number of thioether (sulfide) groups is 1. The average molecular weight is 398 g/mol. The smallest absolute Gasteiger partial charge is 0.321 e. The summed E-state index contributed by atoms with van der Waals surface area (Å²) in [6.07, 6.45) is 5.44. The van der Waals surface area contributed by atoms with Gasteiger partial charge in [-0.15, -0.1) is 10.2 Å². The first kappa shape index (κ1) is 21.2. The van der Waals surface area contributed by atoms with Gasteiger partial charge in [-0.3, -0.25) is 14.9 Å². The maximum absolute atomic E-state index is 12.1. The number of nitrogens with one attached hydrogen (secondary N) is 2. The van der Waals surface area contributed by atoms with E-state index in [9.17, 15) is 14.4 Å². The van der Waals surface area contributed by atoms with E-state index in [1.165, 1.54) is 25.2 Å². The summed E-state index contributed by atoms with van der Waals surface area (Å²) >= 11 is 1.23. The Morgan fingerprint density at radius 2 is 1.96 bits per heavy atom. The number of carbonyl (C=O) groups is 3. The number of ether oxygens (including phenoxy) is 1. The van der Waals surface area contributed by atoms with Gasteiger partial charge in [0, 0.05) is 13.1 Å². The van der Waals surface area contributed by atoms with Crippen LogP contribution in [0.5, 0.6) is 0 Å². The minimum atomic E-state index is -0.552. The summed E-state index contributed by atoms with van der Waals surface area (Å²) in [5.41, 5.74) is 0. The summed E-state index contributed by atoms with van der Waals surface area (Å²) in [6, 6.07) is -0.348. The number of rotatable bonds is 7. The second kappa shape index (κ2) is 10.3. The number of hydrogen-bond donors (Lipinski definition) is 2. The first-order valence-corrected chi connectivity index (χ1v) is 10.1. The predicted octanol–water partition coefficient (Wildman–Crippen LogP) is 1.83. The van der Waals surface area contributed by atoms with Crippen molar-refractivity contribution in [2.45, 2.75) is 68.8 Å². The molecule has 1 heterocycles. The van der Waals surface area contributed by atoms with Crippen LogP contribution in [0.4, 0.5) is 4.79 Å². The molecule has 1 atom stereocenters. The first-order valence-electron chi connectivity index (χ1n) is 9.24. The van der Waals surface area contributed by atoms with Crippen LogP contribution in [0.1, 0.15) is 57.8 Å². The third-order valence-electron chi connectivity index (χ3n) is 4.40. The van der Waals surface area contributed by atoms with E-state index < -0.39 is 17.2 Å². The average Bonchev–Trinajstić information content (AvgIpc) is 3.04. The van der Waals surface area contributed by atoms with Crippen molar-refractivity contribution in [3.8, 4) is 0 Å².